The van der Waals surface area contributed by atoms with E-state index in [9.17, 15) is 9.59 Å². The Hall–Kier alpha value is -2.47. The van der Waals surface area contributed by atoms with Crippen molar-refractivity contribution in [2.24, 2.45) is 11.7 Å². The highest BCUT2D eigenvalue weighted by Gasteiger charge is 2.24. The molecule has 2 N–H and O–H groups in total. The number of hydrogen-bond acceptors (Lipinski definition) is 4. The van der Waals surface area contributed by atoms with E-state index in [1.165, 1.54) is 41.9 Å². The summed E-state index contributed by atoms with van der Waals surface area (Å²) in [5.41, 5.74) is 7.29. The molecule has 4 rings (SSSR count). The van der Waals surface area contributed by atoms with Gasteiger partial charge in [-0.25, -0.2) is 0 Å². The lowest BCUT2D eigenvalue weighted by molar-refractivity contribution is -0.145. The molecule has 0 bridgehead atoms. The summed E-state index contributed by atoms with van der Waals surface area (Å²) in [6.45, 7) is 5.80. The monoisotopic (exact) mass is 396 g/mol. The average molecular weight is 397 g/mol. The van der Waals surface area contributed by atoms with Crippen molar-refractivity contribution in [3.05, 3.63) is 42.1 Å². The number of para-hydroxylation sites is 1. The number of amides is 2. The SMILES string of the molecule is CC1CCCN(C(=O)C(N)=O)C1.CN1CCC(c2ccc3ccccc3n2)CC1. The second kappa shape index (κ2) is 9.83. The van der Waals surface area contributed by atoms with E-state index < -0.39 is 11.8 Å². The highest BCUT2D eigenvalue weighted by molar-refractivity contribution is 6.34. The maximum absolute atomic E-state index is 11.1. The first-order valence-electron chi connectivity index (χ1n) is 10.6. The molecule has 2 amide bonds. The second-order valence-electron chi connectivity index (χ2n) is 8.37. The summed E-state index contributed by atoms with van der Waals surface area (Å²) in [4.78, 5) is 30.4. The first kappa shape index (κ1) is 21.2. The Balaban J connectivity index is 0.000000177. The predicted molar refractivity (Wildman–Crippen MR) is 115 cm³/mol. The van der Waals surface area contributed by atoms with Gasteiger partial charge in [-0.1, -0.05) is 31.2 Å². The van der Waals surface area contributed by atoms with Crippen LogP contribution in [0.5, 0.6) is 0 Å². The number of carbonyl (C=O) groups is 2. The maximum atomic E-state index is 11.1. The number of fused-ring (bicyclic) bond motifs is 1. The number of benzene rings is 1. The van der Waals surface area contributed by atoms with Gasteiger partial charge in [0.25, 0.3) is 0 Å². The number of carbonyl (C=O) groups excluding carboxylic acids is 2. The highest BCUT2D eigenvalue weighted by Crippen LogP contribution is 2.27. The molecular weight excluding hydrogens is 364 g/mol. The van der Waals surface area contributed by atoms with E-state index in [1.54, 1.807) is 0 Å². The molecular formula is C23H32N4O2. The Morgan fingerprint density at radius 2 is 1.76 bits per heavy atom. The minimum absolute atomic E-state index is 0.488. The second-order valence-corrected chi connectivity index (χ2v) is 8.37. The highest BCUT2D eigenvalue weighted by atomic mass is 16.2. The van der Waals surface area contributed by atoms with Gasteiger partial charge in [-0.15, -0.1) is 0 Å². The average Bonchev–Trinajstić information content (AvgIpc) is 2.74. The summed E-state index contributed by atoms with van der Waals surface area (Å²) in [5, 5.41) is 1.24. The third-order valence-electron chi connectivity index (χ3n) is 5.91. The van der Waals surface area contributed by atoms with Gasteiger partial charge in [0.2, 0.25) is 0 Å². The van der Waals surface area contributed by atoms with Crippen LogP contribution in [-0.2, 0) is 9.59 Å². The molecule has 1 aromatic carbocycles. The molecule has 156 valence electrons. The molecule has 0 saturated carbocycles. The van der Waals surface area contributed by atoms with Crippen LogP contribution in [0.2, 0.25) is 0 Å². The number of nitrogens with zero attached hydrogens (tertiary/aromatic N) is 3. The van der Waals surface area contributed by atoms with Gasteiger partial charge in [-0.3, -0.25) is 14.6 Å². The fraction of sp³-hybridized carbons (Fsp3) is 0.522. The van der Waals surface area contributed by atoms with Crippen molar-refractivity contribution < 1.29 is 9.59 Å². The number of aromatic nitrogens is 1. The van der Waals surface area contributed by atoms with Crippen molar-refractivity contribution in [1.82, 2.24) is 14.8 Å². The zero-order valence-electron chi connectivity index (χ0n) is 17.5. The van der Waals surface area contributed by atoms with Gasteiger partial charge in [0.05, 0.1) is 5.52 Å². The van der Waals surface area contributed by atoms with Crippen LogP contribution in [-0.4, -0.2) is 59.8 Å². The molecule has 1 unspecified atom stereocenters. The van der Waals surface area contributed by atoms with E-state index in [4.69, 9.17) is 10.7 Å². The van der Waals surface area contributed by atoms with E-state index in [0.717, 1.165) is 18.4 Å². The van der Waals surface area contributed by atoms with Crippen LogP contribution >= 0.6 is 0 Å². The minimum Gasteiger partial charge on any atom is -0.361 e. The Labute approximate surface area is 173 Å². The van der Waals surface area contributed by atoms with Crippen molar-refractivity contribution in [2.45, 2.75) is 38.5 Å². The van der Waals surface area contributed by atoms with Crippen molar-refractivity contribution >= 4 is 22.7 Å². The van der Waals surface area contributed by atoms with E-state index in [1.807, 2.05) is 0 Å². The minimum atomic E-state index is -0.843. The molecule has 2 aromatic rings. The summed E-state index contributed by atoms with van der Waals surface area (Å²) in [5.74, 6) is -0.247. The summed E-state index contributed by atoms with van der Waals surface area (Å²) < 4.78 is 0. The number of piperidine rings is 2. The van der Waals surface area contributed by atoms with Crippen LogP contribution in [0.15, 0.2) is 36.4 Å². The first-order chi connectivity index (χ1) is 13.9. The molecule has 0 aliphatic carbocycles. The van der Waals surface area contributed by atoms with Gasteiger partial charge in [0.1, 0.15) is 0 Å². The van der Waals surface area contributed by atoms with Gasteiger partial charge >= 0.3 is 11.8 Å². The van der Waals surface area contributed by atoms with Crippen molar-refractivity contribution in [3.63, 3.8) is 0 Å². The quantitative estimate of drug-likeness (QED) is 0.752. The van der Waals surface area contributed by atoms with Crippen LogP contribution in [0.1, 0.15) is 44.2 Å². The van der Waals surface area contributed by atoms with Gasteiger partial charge in [0.15, 0.2) is 0 Å². The number of primary amides is 1. The molecule has 0 spiro atoms. The molecule has 2 aliphatic rings. The summed E-state index contributed by atoms with van der Waals surface area (Å²) in [7, 11) is 2.20. The van der Waals surface area contributed by atoms with E-state index in [0.29, 0.717) is 24.9 Å². The summed E-state index contributed by atoms with van der Waals surface area (Å²) in [6.07, 6.45) is 4.58. The zero-order chi connectivity index (χ0) is 20.8. The summed E-state index contributed by atoms with van der Waals surface area (Å²) in [6, 6.07) is 12.8. The van der Waals surface area contributed by atoms with E-state index in [-0.39, 0.29) is 0 Å². The maximum Gasteiger partial charge on any atom is 0.311 e. The standard InChI is InChI=1S/C15H18N2.C8H14N2O2/c1-17-10-8-13(9-11-17)15-7-6-12-4-2-3-5-14(12)16-15;1-6-3-2-4-10(5-6)8(12)7(9)11/h2-7,13H,8-11H2,1H3;6H,2-5H2,1H3,(H2,9,11). The van der Waals surface area contributed by atoms with Gasteiger partial charge in [0, 0.05) is 30.1 Å². The topological polar surface area (TPSA) is 79.5 Å². The van der Waals surface area contributed by atoms with Crippen LogP contribution in [0, 0.1) is 5.92 Å². The van der Waals surface area contributed by atoms with Crippen molar-refractivity contribution in [1.29, 1.82) is 0 Å². The molecule has 2 saturated heterocycles. The fourth-order valence-electron chi connectivity index (χ4n) is 4.14. The third kappa shape index (κ3) is 5.76. The molecule has 6 heteroatoms. The van der Waals surface area contributed by atoms with Gasteiger partial charge < -0.3 is 15.5 Å². The van der Waals surface area contributed by atoms with E-state index in [2.05, 4.69) is 55.3 Å². The van der Waals surface area contributed by atoms with Crippen LogP contribution in [0.25, 0.3) is 10.9 Å². The Kier molecular flexibility index (Phi) is 7.20. The lowest BCUT2D eigenvalue weighted by Gasteiger charge is -2.29. The van der Waals surface area contributed by atoms with Gasteiger partial charge in [-0.2, -0.15) is 0 Å². The number of hydrogen-bond donors (Lipinski definition) is 1. The lowest BCUT2D eigenvalue weighted by atomic mass is 9.93. The molecule has 1 aromatic heterocycles. The normalized spacial score (nSPS) is 20.8. The molecule has 6 nitrogen and oxygen atoms in total. The van der Waals surface area contributed by atoms with Crippen LogP contribution in [0.3, 0.4) is 0 Å². The van der Waals surface area contributed by atoms with Crippen molar-refractivity contribution in [2.75, 3.05) is 33.2 Å². The molecule has 1 atom stereocenters. The molecule has 29 heavy (non-hydrogen) atoms. The van der Waals surface area contributed by atoms with Crippen LogP contribution < -0.4 is 5.73 Å². The van der Waals surface area contributed by atoms with Crippen molar-refractivity contribution in [3.8, 4) is 0 Å². The largest absolute Gasteiger partial charge is 0.361 e. The van der Waals surface area contributed by atoms with Crippen LogP contribution in [0.4, 0.5) is 0 Å². The van der Waals surface area contributed by atoms with Gasteiger partial charge in [-0.05, 0) is 63.9 Å². The Morgan fingerprint density at radius 3 is 2.45 bits per heavy atom. The smallest absolute Gasteiger partial charge is 0.311 e. The first-order valence-corrected chi connectivity index (χ1v) is 10.6. The fourth-order valence-corrected chi connectivity index (χ4v) is 4.14. The lowest BCUT2D eigenvalue weighted by Crippen LogP contribution is -2.45. The number of nitrogens with two attached hydrogens (primary N) is 1. The summed E-state index contributed by atoms with van der Waals surface area (Å²) >= 11 is 0. The Bertz CT molecular complexity index is 846. The number of pyridine rings is 1. The predicted octanol–water partition coefficient (Wildman–Crippen LogP) is 2.77. The number of rotatable bonds is 1. The zero-order valence-corrected chi connectivity index (χ0v) is 17.5. The molecule has 3 heterocycles. The number of likely N-dealkylation sites (tertiary alicyclic amines) is 2. The molecule has 2 aliphatic heterocycles. The van der Waals surface area contributed by atoms with E-state index >= 15 is 0 Å². The Morgan fingerprint density at radius 1 is 1.03 bits per heavy atom. The molecule has 0 radical (unpaired) electrons. The molecule has 2 fully saturated rings. The third-order valence-corrected chi connectivity index (χ3v) is 5.91.